The number of carbonyl (C=O) groups is 4. The molecule has 1 unspecified atom stereocenters. The Bertz CT molecular complexity index is 1880. The van der Waals surface area contributed by atoms with E-state index in [0.29, 0.717) is 11.5 Å². The lowest BCUT2D eigenvalue weighted by molar-refractivity contribution is -0.153. The Morgan fingerprint density at radius 3 is 2.70 bits per heavy atom. The number of rotatable bonds is 10. The molecule has 44 heavy (non-hydrogen) atoms. The van der Waals surface area contributed by atoms with Gasteiger partial charge in [0, 0.05) is 35.2 Å². The number of nitrogen functional groups attached to an aromatic ring is 1. The molecule has 3 aromatic heterocycles. The number of carboxylic acids is 2. The van der Waals surface area contributed by atoms with Crippen LogP contribution in [0, 0.1) is 12.3 Å². The maximum atomic E-state index is 13.8. The number of hydrogen-bond acceptors (Lipinski definition) is 14. The minimum absolute atomic E-state index is 0.00845. The molecule has 3 atom stereocenters. The number of fused-ring (bicyclic) bond motifs is 2. The Labute approximate surface area is 260 Å². The van der Waals surface area contributed by atoms with Gasteiger partial charge in [-0.15, -0.1) is 23.1 Å². The Balaban J connectivity index is 1.53. The molecule has 0 saturated carbocycles. The van der Waals surface area contributed by atoms with Crippen LogP contribution in [0.5, 0.6) is 0 Å². The summed E-state index contributed by atoms with van der Waals surface area (Å²) in [6.45, 7) is 3.29. The van der Waals surface area contributed by atoms with Gasteiger partial charge in [-0.1, -0.05) is 24.3 Å². The van der Waals surface area contributed by atoms with Gasteiger partial charge in [0.25, 0.3) is 11.8 Å². The van der Waals surface area contributed by atoms with Crippen LogP contribution in [-0.2, 0) is 31.1 Å². The quantitative estimate of drug-likeness (QED) is 0.0816. The third-order valence-electron chi connectivity index (χ3n) is 6.97. The zero-order valence-electron chi connectivity index (χ0n) is 23.2. The van der Waals surface area contributed by atoms with Crippen molar-refractivity contribution in [2.45, 2.75) is 37.3 Å². The third kappa shape index (κ3) is 4.89. The maximum absolute atomic E-state index is 13.8. The predicted octanol–water partition coefficient (Wildman–Crippen LogP) is -0.256. The number of nitrogens with zero attached hydrogens (tertiary/aromatic N) is 7. The number of anilines is 1. The number of thiazole rings is 1. The molecule has 0 bridgehead atoms. The molecular weight excluding hydrogens is 637 g/mol. The summed E-state index contributed by atoms with van der Waals surface area (Å²) in [4.78, 5) is 65.7. The second kappa shape index (κ2) is 11.4. The van der Waals surface area contributed by atoms with E-state index >= 15 is 0 Å². The van der Waals surface area contributed by atoms with Crippen LogP contribution in [0.15, 0.2) is 22.3 Å². The van der Waals surface area contributed by atoms with Crippen LogP contribution in [0.4, 0.5) is 5.13 Å². The second-order valence-corrected chi connectivity index (χ2v) is 11.8. The van der Waals surface area contributed by atoms with Crippen LogP contribution >= 0.6 is 35.3 Å². The number of carboxylic acid groups (broad SMARTS) is 2. The molecule has 2 aliphatic heterocycles. The van der Waals surface area contributed by atoms with Gasteiger partial charge in [-0.25, -0.2) is 19.6 Å². The molecule has 2 aliphatic rings. The lowest BCUT2D eigenvalue weighted by atomic mass is 9.87. The molecule has 0 spiro atoms. The van der Waals surface area contributed by atoms with Crippen molar-refractivity contribution in [1.29, 1.82) is 5.41 Å². The number of aliphatic carboxylic acids is 2. The zero-order valence-corrected chi connectivity index (χ0v) is 25.6. The molecule has 1 saturated heterocycles. The Hall–Kier alpha value is -4.69. The van der Waals surface area contributed by atoms with Crippen molar-refractivity contribution in [1.82, 2.24) is 34.4 Å². The SMILES string of the molecule is CC[C@H](O/N=C(\C(=O)NC1(C=S)C(=O)N2C(C(=O)O)=C(c3nc(=N)cc4n(C)c(C)nn34)CS[C@H]21)c1csc(N)n1)C(=O)O. The maximum Gasteiger partial charge on any atom is 0.353 e. The van der Waals surface area contributed by atoms with E-state index in [4.69, 9.17) is 28.2 Å². The third-order valence-corrected chi connectivity index (χ3v) is 9.37. The monoisotopic (exact) mass is 660 g/mol. The van der Waals surface area contributed by atoms with Gasteiger partial charge in [0.15, 0.2) is 27.7 Å². The number of aromatic nitrogens is 5. The van der Waals surface area contributed by atoms with Crippen molar-refractivity contribution in [2.75, 3.05) is 11.5 Å². The van der Waals surface area contributed by atoms with Crippen LogP contribution in [0.25, 0.3) is 11.2 Å². The molecule has 5 heterocycles. The minimum atomic E-state index is -1.85. The molecule has 1 fully saturated rings. The van der Waals surface area contributed by atoms with E-state index in [1.54, 1.807) is 25.5 Å². The summed E-state index contributed by atoms with van der Waals surface area (Å²) < 4.78 is 3.12. The molecule has 17 nitrogen and oxygen atoms in total. The van der Waals surface area contributed by atoms with Crippen molar-refractivity contribution in [2.24, 2.45) is 12.2 Å². The van der Waals surface area contributed by atoms with Crippen LogP contribution in [0.1, 0.15) is 30.7 Å². The number of nitrogens with two attached hydrogens (primary N) is 1. The average molecular weight is 661 g/mol. The Morgan fingerprint density at radius 1 is 1.39 bits per heavy atom. The molecule has 20 heteroatoms. The molecule has 5 rings (SSSR count). The number of nitrogens with one attached hydrogen (secondary N) is 2. The van der Waals surface area contributed by atoms with Crippen LogP contribution in [0.3, 0.4) is 0 Å². The molecule has 0 radical (unpaired) electrons. The molecular formula is C24H24N10O7S3. The fourth-order valence-corrected chi connectivity index (χ4v) is 7.01. The van der Waals surface area contributed by atoms with Gasteiger partial charge in [0.2, 0.25) is 6.10 Å². The van der Waals surface area contributed by atoms with E-state index in [1.807, 2.05) is 0 Å². The number of carbonyl (C=O) groups excluding carboxylic acids is 2. The highest BCUT2D eigenvalue weighted by atomic mass is 32.2. The first kappa shape index (κ1) is 30.8. The van der Waals surface area contributed by atoms with Gasteiger partial charge < -0.3 is 30.7 Å². The number of oxime groups is 1. The van der Waals surface area contributed by atoms with E-state index in [-0.39, 0.29) is 39.9 Å². The summed E-state index contributed by atoms with van der Waals surface area (Å²) in [5, 5.41) is 40.0. The van der Waals surface area contributed by atoms with Crippen molar-refractivity contribution in [3.05, 3.63) is 40.0 Å². The number of β-lactam (4-membered cyclic amide) rings is 1. The van der Waals surface area contributed by atoms with Gasteiger partial charge in [-0.3, -0.25) is 19.9 Å². The Kier molecular flexibility index (Phi) is 7.99. The smallest absolute Gasteiger partial charge is 0.353 e. The zero-order chi connectivity index (χ0) is 32.1. The molecule has 0 aromatic carbocycles. The lowest BCUT2D eigenvalue weighted by Gasteiger charge is -2.55. The summed E-state index contributed by atoms with van der Waals surface area (Å²) >= 11 is 7.30. The summed E-state index contributed by atoms with van der Waals surface area (Å²) in [6, 6.07) is 1.47. The number of amides is 2. The number of aryl methyl sites for hydroxylation is 2. The summed E-state index contributed by atoms with van der Waals surface area (Å²) in [5.74, 6) is -3.91. The highest BCUT2D eigenvalue weighted by molar-refractivity contribution is 8.00. The largest absolute Gasteiger partial charge is 0.478 e. The van der Waals surface area contributed by atoms with Crippen LogP contribution < -0.4 is 16.5 Å². The van der Waals surface area contributed by atoms with Gasteiger partial charge in [0.1, 0.15) is 28.2 Å². The lowest BCUT2D eigenvalue weighted by Crippen LogP contribution is -2.80. The van der Waals surface area contributed by atoms with Crippen LogP contribution in [0.2, 0.25) is 0 Å². The fourth-order valence-electron chi connectivity index (χ4n) is 4.66. The predicted molar refractivity (Wildman–Crippen MR) is 161 cm³/mol. The normalized spacial score (nSPS) is 20.6. The average Bonchev–Trinajstić information content (AvgIpc) is 3.54. The van der Waals surface area contributed by atoms with E-state index in [0.717, 1.165) is 33.4 Å². The van der Waals surface area contributed by atoms with Gasteiger partial charge >= 0.3 is 11.9 Å². The topological polar surface area (TPSA) is 243 Å². The van der Waals surface area contributed by atoms with E-state index in [9.17, 15) is 29.4 Å². The van der Waals surface area contributed by atoms with E-state index in [1.165, 1.54) is 16.0 Å². The van der Waals surface area contributed by atoms with Gasteiger partial charge in [-0.05, 0) is 13.3 Å². The number of thiocarbonyl (C=S) groups is 1. The molecule has 230 valence electrons. The van der Waals surface area contributed by atoms with Gasteiger partial charge in [-0.2, -0.15) is 9.61 Å². The van der Waals surface area contributed by atoms with Crippen molar-refractivity contribution >= 4 is 86.5 Å². The first-order valence-corrected chi connectivity index (χ1v) is 15.1. The number of thioether (sulfide) groups is 1. The summed E-state index contributed by atoms with van der Waals surface area (Å²) in [6.07, 6.45) is -1.33. The first-order chi connectivity index (χ1) is 20.8. The summed E-state index contributed by atoms with van der Waals surface area (Å²) in [5.41, 5.74) is 3.48. The van der Waals surface area contributed by atoms with E-state index < -0.39 is 52.2 Å². The highest BCUT2D eigenvalue weighted by Crippen LogP contribution is 2.47. The second-order valence-electron chi connectivity index (χ2n) is 9.60. The summed E-state index contributed by atoms with van der Waals surface area (Å²) in [7, 11) is 1.74. The first-order valence-electron chi connectivity index (χ1n) is 12.7. The van der Waals surface area contributed by atoms with Crippen LogP contribution in [-0.4, -0.2) is 96.9 Å². The van der Waals surface area contributed by atoms with E-state index in [2.05, 4.69) is 25.5 Å². The molecule has 6 N–H and O–H groups in total. The standard InChI is InChI=1S/C24H24N10O7S3/c1-4-12(19(36)37)41-31-15(11-7-44-23(26)27-11)18(35)29-24(8-42)21(40)33-16(20(38)39)10(6-43-22(24)33)17-28-13(25)5-14-32(3)9(2)30-34(14)17/h5,7-8,12,22,25H,4,6H2,1-3H3,(H2,26,27)(H,29,35)(H,36,37)(H,38,39)/b25-13?,31-15-/t12-,22-,24?/m0/s1. The highest BCUT2D eigenvalue weighted by Gasteiger charge is 2.65. The minimum Gasteiger partial charge on any atom is -0.478 e. The van der Waals surface area contributed by atoms with Gasteiger partial charge in [0.05, 0.1) is 0 Å². The molecule has 0 aliphatic carbocycles. The van der Waals surface area contributed by atoms with Crippen molar-refractivity contribution in [3.63, 3.8) is 0 Å². The molecule has 2 amide bonds. The molecule has 3 aromatic rings. The Morgan fingerprint density at radius 2 is 2.11 bits per heavy atom. The van der Waals surface area contributed by atoms with Crippen molar-refractivity contribution in [3.8, 4) is 0 Å². The fraction of sp³-hybridized carbons (Fsp3) is 0.333. The number of hydrogen-bond donors (Lipinski definition) is 5. The van der Waals surface area contributed by atoms with Crippen molar-refractivity contribution < 1.29 is 34.2 Å².